The van der Waals surface area contributed by atoms with Crippen LogP contribution in [0.25, 0.3) is 0 Å². The van der Waals surface area contributed by atoms with Crippen LogP contribution in [0.2, 0.25) is 0 Å². The van der Waals surface area contributed by atoms with Gasteiger partial charge in [-0.2, -0.15) is 4.98 Å². The maximum Gasteiger partial charge on any atom is 0.290 e. The van der Waals surface area contributed by atoms with Gasteiger partial charge in [0.25, 0.3) is 6.47 Å². The van der Waals surface area contributed by atoms with E-state index in [4.69, 9.17) is 19.2 Å². The third-order valence-electron chi connectivity index (χ3n) is 4.33. The Hall–Kier alpha value is -2.33. The topological polar surface area (TPSA) is 119 Å². The van der Waals surface area contributed by atoms with Crippen LogP contribution in [0.1, 0.15) is 36.3 Å². The van der Waals surface area contributed by atoms with Crippen molar-refractivity contribution in [3.05, 3.63) is 23.9 Å². The first kappa shape index (κ1) is 20.0. The summed E-state index contributed by atoms with van der Waals surface area (Å²) in [4.78, 5) is 15.3. The van der Waals surface area contributed by atoms with Crippen LogP contribution in [0, 0.1) is 6.92 Å². The van der Waals surface area contributed by atoms with Crippen molar-refractivity contribution in [1.82, 2.24) is 29.8 Å². The molecule has 3 rings (SSSR count). The minimum atomic E-state index is -0.250. The Morgan fingerprint density at radius 3 is 2.96 bits per heavy atom. The van der Waals surface area contributed by atoms with Gasteiger partial charge in [0.05, 0.1) is 12.5 Å². The van der Waals surface area contributed by atoms with Crippen molar-refractivity contribution in [2.75, 3.05) is 33.4 Å². The van der Waals surface area contributed by atoms with Crippen molar-refractivity contribution in [2.45, 2.75) is 38.6 Å². The molecule has 1 N–H and O–H groups in total. The van der Waals surface area contributed by atoms with E-state index < -0.39 is 0 Å². The molecule has 1 atom stereocenters. The average Bonchev–Trinajstić information content (AvgIpc) is 3.28. The van der Waals surface area contributed by atoms with Gasteiger partial charge in [-0.15, -0.1) is 10.2 Å². The summed E-state index contributed by atoms with van der Waals surface area (Å²) in [6.45, 7) is 6.32. The molecule has 26 heavy (non-hydrogen) atoms. The van der Waals surface area contributed by atoms with Crippen LogP contribution in [-0.4, -0.2) is 74.7 Å². The molecule has 1 aliphatic heterocycles. The molecular formula is C16H26N6O4. The van der Waals surface area contributed by atoms with Gasteiger partial charge in [-0.05, 0) is 26.3 Å². The Bertz CT molecular complexity index is 659. The van der Waals surface area contributed by atoms with Gasteiger partial charge in [0.2, 0.25) is 5.89 Å². The third-order valence-corrected chi connectivity index (χ3v) is 4.33. The Morgan fingerprint density at radius 2 is 2.27 bits per heavy atom. The highest BCUT2D eigenvalue weighted by Crippen LogP contribution is 2.25. The van der Waals surface area contributed by atoms with E-state index in [9.17, 15) is 0 Å². The Kier molecular flexibility index (Phi) is 8.16. The fraction of sp³-hybridized carbons (Fsp3) is 0.688. The van der Waals surface area contributed by atoms with Crippen LogP contribution in [0.3, 0.4) is 0 Å². The molecule has 0 aromatic carbocycles. The summed E-state index contributed by atoms with van der Waals surface area (Å²) >= 11 is 0. The van der Waals surface area contributed by atoms with E-state index in [-0.39, 0.29) is 6.47 Å². The van der Waals surface area contributed by atoms with Gasteiger partial charge in [0, 0.05) is 33.2 Å². The van der Waals surface area contributed by atoms with Crippen molar-refractivity contribution in [2.24, 2.45) is 0 Å². The van der Waals surface area contributed by atoms with E-state index in [2.05, 4.69) is 29.8 Å². The predicted octanol–water partition coefficient (Wildman–Crippen LogP) is 0.739. The summed E-state index contributed by atoms with van der Waals surface area (Å²) in [5.74, 6) is 2.79. The summed E-state index contributed by atoms with van der Waals surface area (Å²) < 4.78 is 12.6. The normalized spacial score (nSPS) is 17.5. The number of hydrogen-bond acceptors (Lipinski definition) is 8. The minimum absolute atomic E-state index is 0.250. The summed E-state index contributed by atoms with van der Waals surface area (Å²) in [5.41, 5.74) is 0. The molecule has 0 aliphatic carbocycles. The van der Waals surface area contributed by atoms with Crippen LogP contribution in [0.4, 0.5) is 0 Å². The number of likely N-dealkylation sites (tertiary alicyclic amines) is 1. The summed E-state index contributed by atoms with van der Waals surface area (Å²) in [6, 6.07) is 0. The fourth-order valence-electron chi connectivity index (χ4n) is 2.97. The van der Waals surface area contributed by atoms with Crippen LogP contribution < -0.4 is 0 Å². The molecule has 0 spiro atoms. The van der Waals surface area contributed by atoms with Gasteiger partial charge in [0.15, 0.2) is 5.82 Å². The minimum Gasteiger partial charge on any atom is -0.483 e. The number of methoxy groups -OCH3 is 1. The first-order valence-corrected chi connectivity index (χ1v) is 8.64. The van der Waals surface area contributed by atoms with Gasteiger partial charge in [-0.25, -0.2) is 0 Å². The summed E-state index contributed by atoms with van der Waals surface area (Å²) in [6.07, 6.45) is 4.75. The highest BCUT2D eigenvalue weighted by molar-refractivity contribution is 5.32. The number of ether oxygens (including phenoxy) is 1. The molecule has 2 aromatic rings. The van der Waals surface area contributed by atoms with Crippen LogP contribution in [0.15, 0.2) is 10.9 Å². The molecule has 3 heterocycles. The molecule has 1 fully saturated rings. The molecule has 0 bridgehead atoms. The monoisotopic (exact) mass is 366 g/mol. The van der Waals surface area contributed by atoms with E-state index in [1.165, 1.54) is 0 Å². The number of carboxylic acid groups (broad SMARTS) is 1. The number of rotatable bonds is 7. The lowest BCUT2D eigenvalue weighted by molar-refractivity contribution is -0.122. The third kappa shape index (κ3) is 5.88. The van der Waals surface area contributed by atoms with Gasteiger partial charge in [-0.1, -0.05) is 5.16 Å². The number of nitrogens with zero attached hydrogens (tertiary/aromatic N) is 6. The SMILES string of the molecule is COCCc1noc(C2CCCN(CCn3cnnc3C)C2)n1.O=CO. The van der Waals surface area contributed by atoms with Crippen molar-refractivity contribution in [3.63, 3.8) is 0 Å². The molecular weight excluding hydrogens is 340 g/mol. The van der Waals surface area contributed by atoms with Crippen molar-refractivity contribution in [1.29, 1.82) is 0 Å². The second-order valence-electron chi connectivity index (χ2n) is 6.11. The highest BCUT2D eigenvalue weighted by Gasteiger charge is 2.25. The van der Waals surface area contributed by atoms with Gasteiger partial charge >= 0.3 is 0 Å². The van der Waals surface area contributed by atoms with Gasteiger partial charge in [-0.3, -0.25) is 4.79 Å². The first-order chi connectivity index (χ1) is 12.7. The predicted molar refractivity (Wildman–Crippen MR) is 91.7 cm³/mol. The molecule has 144 valence electrons. The smallest absolute Gasteiger partial charge is 0.290 e. The number of piperidine rings is 1. The van der Waals surface area contributed by atoms with Crippen molar-refractivity contribution < 1.29 is 19.2 Å². The molecule has 1 aliphatic rings. The molecule has 2 aromatic heterocycles. The van der Waals surface area contributed by atoms with Gasteiger partial charge < -0.3 is 23.8 Å². The zero-order valence-corrected chi connectivity index (χ0v) is 15.2. The Morgan fingerprint density at radius 1 is 1.46 bits per heavy atom. The van der Waals surface area contributed by atoms with Crippen LogP contribution >= 0.6 is 0 Å². The number of carbonyl (C=O) groups is 1. The van der Waals surface area contributed by atoms with Crippen LogP contribution in [0.5, 0.6) is 0 Å². The summed E-state index contributed by atoms with van der Waals surface area (Å²) in [7, 11) is 1.68. The zero-order chi connectivity index (χ0) is 18.8. The molecule has 10 heteroatoms. The molecule has 1 saturated heterocycles. The van der Waals surface area contributed by atoms with Crippen molar-refractivity contribution >= 4 is 6.47 Å². The second kappa shape index (κ2) is 10.6. The van der Waals surface area contributed by atoms with E-state index in [0.29, 0.717) is 18.9 Å². The molecule has 0 radical (unpaired) electrons. The first-order valence-electron chi connectivity index (χ1n) is 8.64. The molecule has 1 unspecified atom stereocenters. The van der Waals surface area contributed by atoms with E-state index >= 15 is 0 Å². The summed E-state index contributed by atoms with van der Waals surface area (Å²) in [5, 5.41) is 18.9. The van der Waals surface area contributed by atoms with E-state index in [0.717, 1.165) is 56.6 Å². The largest absolute Gasteiger partial charge is 0.483 e. The number of aryl methyl sites for hydroxylation is 1. The van der Waals surface area contributed by atoms with E-state index in [1.807, 2.05) is 6.92 Å². The second-order valence-corrected chi connectivity index (χ2v) is 6.11. The molecule has 0 saturated carbocycles. The Balaban J connectivity index is 0.000000758. The lowest BCUT2D eigenvalue weighted by Gasteiger charge is -2.30. The molecule has 0 amide bonds. The molecule has 10 nitrogen and oxygen atoms in total. The zero-order valence-electron chi connectivity index (χ0n) is 15.2. The van der Waals surface area contributed by atoms with Crippen LogP contribution in [-0.2, 0) is 22.5 Å². The van der Waals surface area contributed by atoms with Gasteiger partial charge in [0.1, 0.15) is 12.2 Å². The lowest BCUT2D eigenvalue weighted by atomic mass is 9.98. The maximum atomic E-state index is 8.36. The standard InChI is InChI=1S/C15H24N6O2.CH2O2/c1-12-18-16-11-21(12)8-7-20-6-3-4-13(10-20)15-17-14(19-23-15)5-9-22-2;2-1-3/h11,13H,3-10H2,1-2H3;1H,(H,2,3). The van der Waals surface area contributed by atoms with Crippen molar-refractivity contribution in [3.8, 4) is 0 Å². The fourth-order valence-corrected chi connectivity index (χ4v) is 2.97. The average molecular weight is 366 g/mol. The number of hydrogen-bond donors (Lipinski definition) is 1. The number of aromatic nitrogens is 5. The maximum absolute atomic E-state index is 8.36. The lowest BCUT2D eigenvalue weighted by Crippen LogP contribution is -2.36. The highest BCUT2D eigenvalue weighted by atomic mass is 16.5. The Labute approximate surface area is 152 Å². The quantitative estimate of drug-likeness (QED) is 0.707. The van der Waals surface area contributed by atoms with E-state index in [1.54, 1.807) is 13.4 Å².